The van der Waals surface area contributed by atoms with Crippen molar-refractivity contribution in [3.63, 3.8) is 0 Å². The zero-order chi connectivity index (χ0) is 14.6. The lowest BCUT2D eigenvalue weighted by Crippen LogP contribution is -2.50. The van der Waals surface area contributed by atoms with Crippen LogP contribution in [-0.2, 0) is 9.59 Å². The average molecular weight is 272 g/mol. The molecule has 0 heterocycles. The molecule has 0 aromatic carbocycles. The zero-order valence-electron chi connectivity index (χ0n) is 13.0. The highest BCUT2D eigenvalue weighted by molar-refractivity contribution is 6.00. The minimum atomic E-state index is -0.0290. The van der Waals surface area contributed by atoms with Crippen LogP contribution in [0.1, 0.15) is 53.4 Å². The van der Waals surface area contributed by atoms with Crippen molar-refractivity contribution in [2.45, 2.75) is 53.4 Å². The molecule has 0 spiro atoms. The number of fused-ring (bicyclic) bond motifs is 2. The second-order valence-electron chi connectivity index (χ2n) is 7.17. The summed E-state index contributed by atoms with van der Waals surface area (Å²) in [5, 5.41) is 0. The van der Waals surface area contributed by atoms with Gasteiger partial charge in [-0.05, 0) is 53.4 Å². The Morgan fingerprint density at radius 1 is 0.550 bits per heavy atom. The van der Waals surface area contributed by atoms with E-state index in [2.05, 4.69) is 27.7 Å². The Bertz CT molecular complexity index is 456. The normalized spacial score (nSPS) is 38.0. The third-order valence-electron chi connectivity index (χ3n) is 5.99. The van der Waals surface area contributed by atoms with Crippen LogP contribution in [0.15, 0.2) is 22.3 Å². The fourth-order valence-electron chi connectivity index (χ4n) is 4.33. The van der Waals surface area contributed by atoms with Crippen LogP contribution in [0.2, 0.25) is 0 Å². The van der Waals surface area contributed by atoms with Gasteiger partial charge in [0.25, 0.3) is 0 Å². The average Bonchev–Trinajstić information content (AvgIpc) is 2.41. The minimum absolute atomic E-state index is 0.0290. The van der Waals surface area contributed by atoms with Gasteiger partial charge < -0.3 is 0 Å². The van der Waals surface area contributed by atoms with Gasteiger partial charge >= 0.3 is 0 Å². The summed E-state index contributed by atoms with van der Waals surface area (Å²) in [6, 6.07) is 0. The number of ketones is 2. The van der Waals surface area contributed by atoms with Crippen molar-refractivity contribution in [3.8, 4) is 0 Å². The smallest absolute Gasteiger partial charge is 0.141 e. The summed E-state index contributed by atoms with van der Waals surface area (Å²) in [5.74, 6) is 0.631. The lowest BCUT2D eigenvalue weighted by atomic mass is 9.57. The quantitative estimate of drug-likeness (QED) is 0.627. The van der Waals surface area contributed by atoms with Crippen molar-refractivity contribution < 1.29 is 9.59 Å². The first kappa shape index (κ1) is 13.8. The van der Waals surface area contributed by atoms with Crippen LogP contribution in [0.5, 0.6) is 0 Å². The molecule has 3 aliphatic rings. The molecule has 3 aliphatic carbocycles. The Hall–Kier alpha value is -1.18. The number of rotatable bonds is 0. The number of Topliss-reactive ketones (excluding diaryl/α,β-unsaturated/α-hetero) is 2. The van der Waals surface area contributed by atoms with Crippen molar-refractivity contribution in [2.24, 2.45) is 23.7 Å². The molecule has 2 nitrogen and oxygen atoms in total. The standard InChI is InChI=1S/C18H24O2/c1-9-5-13-14(6-10(9)2)18(20)16-8-12(4)11(3)7-15(16)17(13)19/h13-16H,5-8H2,1-4H3/t13-,14+,15+,16-. The van der Waals surface area contributed by atoms with Crippen LogP contribution in [0.3, 0.4) is 0 Å². The molecular formula is C18H24O2. The summed E-state index contributed by atoms with van der Waals surface area (Å²) in [4.78, 5) is 25.7. The van der Waals surface area contributed by atoms with E-state index >= 15 is 0 Å². The van der Waals surface area contributed by atoms with E-state index in [0.29, 0.717) is 11.6 Å². The predicted octanol–water partition coefficient (Wildman–Crippen LogP) is 3.86. The summed E-state index contributed by atoms with van der Waals surface area (Å²) >= 11 is 0. The van der Waals surface area contributed by atoms with Gasteiger partial charge in [-0.15, -0.1) is 0 Å². The molecule has 0 amide bonds. The molecule has 20 heavy (non-hydrogen) atoms. The number of hydrogen-bond donors (Lipinski definition) is 0. The Labute approximate surface area is 121 Å². The van der Waals surface area contributed by atoms with Crippen molar-refractivity contribution in [1.82, 2.24) is 0 Å². The molecule has 0 aromatic heterocycles. The first-order valence-electron chi connectivity index (χ1n) is 7.78. The number of carbonyl (C=O) groups excluding carboxylic acids is 2. The monoisotopic (exact) mass is 272 g/mol. The van der Waals surface area contributed by atoms with E-state index in [0.717, 1.165) is 25.7 Å². The van der Waals surface area contributed by atoms with Gasteiger partial charge in [0.2, 0.25) is 0 Å². The van der Waals surface area contributed by atoms with Gasteiger partial charge in [0, 0.05) is 23.7 Å². The fraction of sp³-hybridized carbons (Fsp3) is 0.667. The molecule has 3 rings (SSSR count). The summed E-state index contributed by atoms with van der Waals surface area (Å²) < 4.78 is 0. The van der Waals surface area contributed by atoms with E-state index in [4.69, 9.17) is 0 Å². The SMILES string of the molecule is CC1=C(C)C[C@H]2C(=O)[C@H]3CC(C)=C(C)C[C@H]3C(=O)[C@H]2C1. The highest BCUT2D eigenvalue weighted by Crippen LogP contribution is 2.48. The highest BCUT2D eigenvalue weighted by Gasteiger charge is 2.51. The number of allylic oxidation sites excluding steroid dienone is 4. The summed E-state index contributed by atoms with van der Waals surface area (Å²) in [6.45, 7) is 8.47. The molecule has 1 fully saturated rings. The van der Waals surface area contributed by atoms with Gasteiger partial charge in [0.05, 0.1) is 0 Å². The van der Waals surface area contributed by atoms with Gasteiger partial charge in [0.1, 0.15) is 11.6 Å². The Kier molecular flexibility index (Phi) is 3.23. The molecule has 0 N–H and O–H groups in total. The summed E-state index contributed by atoms with van der Waals surface area (Å²) in [5.41, 5.74) is 5.30. The van der Waals surface area contributed by atoms with E-state index in [1.165, 1.54) is 22.3 Å². The molecule has 108 valence electrons. The second kappa shape index (κ2) is 4.68. The molecule has 0 aromatic rings. The largest absolute Gasteiger partial charge is 0.299 e. The van der Waals surface area contributed by atoms with Crippen molar-refractivity contribution in [2.75, 3.05) is 0 Å². The Balaban J connectivity index is 1.97. The molecule has 0 radical (unpaired) electrons. The predicted molar refractivity (Wildman–Crippen MR) is 79.2 cm³/mol. The summed E-state index contributed by atoms with van der Waals surface area (Å²) in [7, 11) is 0. The Morgan fingerprint density at radius 3 is 0.950 bits per heavy atom. The van der Waals surface area contributed by atoms with Crippen LogP contribution in [0.4, 0.5) is 0 Å². The van der Waals surface area contributed by atoms with Crippen molar-refractivity contribution in [1.29, 1.82) is 0 Å². The van der Waals surface area contributed by atoms with Crippen LogP contribution in [0, 0.1) is 23.7 Å². The molecule has 0 unspecified atom stereocenters. The molecule has 1 saturated carbocycles. The molecule has 0 saturated heterocycles. The lowest BCUT2D eigenvalue weighted by Gasteiger charge is -2.44. The number of hydrogen-bond acceptors (Lipinski definition) is 2. The minimum Gasteiger partial charge on any atom is -0.299 e. The molecular weight excluding hydrogens is 248 g/mol. The van der Waals surface area contributed by atoms with E-state index in [9.17, 15) is 9.59 Å². The Morgan fingerprint density at radius 2 is 0.750 bits per heavy atom. The van der Waals surface area contributed by atoms with Gasteiger partial charge in [-0.2, -0.15) is 0 Å². The maximum atomic E-state index is 12.8. The van der Waals surface area contributed by atoms with Crippen LogP contribution < -0.4 is 0 Å². The second-order valence-corrected chi connectivity index (χ2v) is 7.17. The van der Waals surface area contributed by atoms with Gasteiger partial charge in [-0.25, -0.2) is 0 Å². The number of carbonyl (C=O) groups is 2. The van der Waals surface area contributed by atoms with Crippen LogP contribution >= 0.6 is 0 Å². The first-order valence-corrected chi connectivity index (χ1v) is 7.78. The van der Waals surface area contributed by atoms with Gasteiger partial charge in [-0.1, -0.05) is 22.3 Å². The molecule has 4 atom stereocenters. The molecule has 2 heteroatoms. The maximum absolute atomic E-state index is 12.8. The molecule has 0 bridgehead atoms. The van der Waals surface area contributed by atoms with Crippen LogP contribution in [-0.4, -0.2) is 11.6 Å². The van der Waals surface area contributed by atoms with E-state index in [1.807, 2.05) is 0 Å². The third-order valence-corrected chi connectivity index (χ3v) is 5.99. The third kappa shape index (κ3) is 1.92. The lowest BCUT2D eigenvalue weighted by molar-refractivity contribution is -0.148. The van der Waals surface area contributed by atoms with Crippen molar-refractivity contribution in [3.05, 3.63) is 22.3 Å². The highest BCUT2D eigenvalue weighted by atomic mass is 16.1. The van der Waals surface area contributed by atoms with E-state index in [-0.39, 0.29) is 23.7 Å². The van der Waals surface area contributed by atoms with E-state index < -0.39 is 0 Å². The van der Waals surface area contributed by atoms with E-state index in [1.54, 1.807) is 0 Å². The van der Waals surface area contributed by atoms with Gasteiger partial charge in [-0.3, -0.25) is 9.59 Å². The van der Waals surface area contributed by atoms with Crippen LogP contribution in [0.25, 0.3) is 0 Å². The first-order chi connectivity index (χ1) is 9.40. The van der Waals surface area contributed by atoms with Crippen molar-refractivity contribution >= 4 is 11.6 Å². The summed E-state index contributed by atoms with van der Waals surface area (Å²) in [6.07, 6.45) is 3.25. The molecule has 0 aliphatic heterocycles. The van der Waals surface area contributed by atoms with Gasteiger partial charge in [0.15, 0.2) is 0 Å². The maximum Gasteiger partial charge on any atom is 0.141 e. The fourth-order valence-corrected chi connectivity index (χ4v) is 4.33. The topological polar surface area (TPSA) is 34.1 Å². The zero-order valence-corrected chi connectivity index (χ0v) is 13.0.